The summed E-state index contributed by atoms with van der Waals surface area (Å²) in [5, 5.41) is 20.8. The number of esters is 2. The Morgan fingerprint density at radius 2 is 1.92 bits per heavy atom. The van der Waals surface area contributed by atoms with E-state index >= 15 is 0 Å². The summed E-state index contributed by atoms with van der Waals surface area (Å²) in [6.45, 7) is 8.27. The van der Waals surface area contributed by atoms with Gasteiger partial charge in [-0.3, -0.25) is 0 Å². The van der Waals surface area contributed by atoms with Crippen LogP contribution in [0, 0.1) is 16.7 Å². The zero-order valence-corrected chi connectivity index (χ0v) is 22.6. The first kappa shape index (κ1) is 27.5. The Morgan fingerprint density at radius 3 is 2.63 bits per heavy atom. The number of allylic oxidation sites excluding steroid dienone is 3. The number of aliphatic hydroxyl groups is 2. The van der Waals surface area contributed by atoms with E-state index in [1.54, 1.807) is 32.1 Å². The first-order valence-corrected chi connectivity index (χ1v) is 13.7. The van der Waals surface area contributed by atoms with E-state index in [9.17, 15) is 19.8 Å². The minimum Gasteiger partial charge on any atom is -0.463 e. The molecule has 3 aliphatic heterocycles. The smallest absolute Gasteiger partial charge is 0.335 e. The Kier molecular flexibility index (Phi) is 7.37. The molecular weight excluding hydrogens is 492 g/mol. The van der Waals surface area contributed by atoms with Crippen molar-refractivity contribution >= 4 is 11.9 Å². The summed E-state index contributed by atoms with van der Waals surface area (Å²) in [4.78, 5) is 26.0. The van der Waals surface area contributed by atoms with Crippen LogP contribution in [0.5, 0.6) is 0 Å². The lowest BCUT2D eigenvalue weighted by molar-refractivity contribution is -0.234. The van der Waals surface area contributed by atoms with Gasteiger partial charge in [-0.1, -0.05) is 43.7 Å². The lowest BCUT2D eigenvalue weighted by Gasteiger charge is -2.58. The molecule has 10 atom stereocenters. The van der Waals surface area contributed by atoms with Gasteiger partial charge in [-0.2, -0.15) is 0 Å². The Morgan fingerprint density at radius 1 is 1.16 bits per heavy atom. The van der Waals surface area contributed by atoms with Crippen LogP contribution in [0.25, 0.3) is 0 Å². The van der Waals surface area contributed by atoms with Crippen LogP contribution in [0.15, 0.2) is 36.0 Å². The Labute approximate surface area is 223 Å². The van der Waals surface area contributed by atoms with E-state index in [-0.39, 0.29) is 25.4 Å². The maximum absolute atomic E-state index is 13.1. The van der Waals surface area contributed by atoms with Crippen LogP contribution in [0.2, 0.25) is 0 Å². The summed E-state index contributed by atoms with van der Waals surface area (Å²) in [7, 11) is 0. The SMILES string of the molecule is CC1=C[C@H]2O[C@@H]3C[C@H]4OC(=O)/C=C\C=C/[C@H]([C@@H](C)O)OCC[C@@H](C)[C@H](O)C(=O)OC[C@@]2(CC1)[C@]4(C)[C@@]31CO1. The second-order valence-corrected chi connectivity index (χ2v) is 11.9. The molecule has 5 aliphatic rings. The number of carbonyl (C=O) groups is 2. The second kappa shape index (κ2) is 10.2. The molecule has 2 aliphatic carbocycles. The molecule has 38 heavy (non-hydrogen) atoms. The molecule has 2 saturated heterocycles. The van der Waals surface area contributed by atoms with Crippen LogP contribution in [0.1, 0.15) is 53.4 Å². The summed E-state index contributed by atoms with van der Waals surface area (Å²) >= 11 is 0. The van der Waals surface area contributed by atoms with Crippen molar-refractivity contribution in [3.05, 3.63) is 36.0 Å². The van der Waals surface area contributed by atoms with Crippen molar-refractivity contribution in [2.45, 2.75) is 95.6 Å². The quantitative estimate of drug-likeness (QED) is 0.298. The standard InChI is InChI=1S/C29H40O9/c1-17-9-11-28-15-35-26(33)25(32)18(2)10-12-34-20(19(3)30)7-5-6-8-24(31)38-21-14-23(37-22(28)13-17)29(16-36-29)27(21,28)4/h5-8,13,18-23,25,30,32H,9-12,14-16H2,1-4H3/b7-5-,8-6-/t18-,19-,20-,21-,22-,23-,25+,27-,28-,29-/m1/s1. The summed E-state index contributed by atoms with van der Waals surface area (Å²) in [5.74, 6) is -1.60. The van der Waals surface area contributed by atoms with Gasteiger partial charge in [0.1, 0.15) is 24.4 Å². The summed E-state index contributed by atoms with van der Waals surface area (Å²) in [5.41, 5.74) is -0.771. The monoisotopic (exact) mass is 532 g/mol. The second-order valence-electron chi connectivity index (χ2n) is 11.9. The van der Waals surface area contributed by atoms with Crippen molar-refractivity contribution in [3.8, 4) is 0 Å². The van der Waals surface area contributed by atoms with Crippen molar-refractivity contribution in [2.75, 3.05) is 19.8 Å². The molecule has 0 radical (unpaired) electrons. The molecule has 3 fully saturated rings. The average molecular weight is 533 g/mol. The third kappa shape index (κ3) is 4.36. The van der Waals surface area contributed by atoms with Crippen LogP contribution in [-0.4, -0.2) is 84.2 Å². The molecular formula is C29H40O9. The minimum absolute atomic E-state index is 0.0195. The molecule has 0 aromatic carbocycles. The molecule has 0 unspecified atom stereocenters. The highest BCUT2D eigenvalue weighted by atomic mass is 16.6. The minimum atomic E-state index is -1.33. The number of ether oxygens (including phenoxy) is 5. The Hall–Kier alpha value is -2.04. The van der Waals surface area contributed by atoms with Gasteiger partial charge in [0.2, 0.25) is 0 Å². The van der Waals surface area contributed by atoms with Gasteiger partial charge in [0.05, 0.1) is 30.3 Å². The summed E-state index contributed by atoms with van der Waals surface area (Å²) in [6, 6.07) is 0. The molecule has 3 heterocycles. The fraction of sp³-hybridized carbons (Fsp3) is 0.724. The van der Waals surface area contributed by atoms with E-state index < -0.39 is 58.7 Å². The van der Waals surface area contributed by atoms with Gasteiger partial charge in [-0.15, -0.1) is 0 Å². The van der Waals surface area contributed by atoms with E-state index in [1.165, 1.54) is 11.6 Å². The third-order valence-corrected chi connectivity index (χ3v) is 9.73. The molecule has 0 aromatic heterocycles. The van der Waals surface area contributed by atoms with Gasteiger partial charge in [0.15, 0.2) is 6.10 Å². The van der Waals surface area contributed by atoms with Gasteiger partial charge in [-0.05, 0) is 39.0 Å². The predicted molar refractivity (Wildman–Crippen MR) is 136 cm³/mol. The highest BCUT2D eigenvalue weighted by Gasteiger charge is 2.83. The van der Waals surface area contributed by atoms with Crippen molar-refractivity contribution in [3.63, 3.8) is 0 Å². The fourth-order valence-electron chi connectivity index (χ4n) is 7.04. The zero-order valence-electron chi connectivity index (χ0n) is 22.6. The van der Waals surface area contributed by atoms with Crippen molar-refractivity contribution < 1.29 is 43.5 Å². The summed E-state index contributed by atoms with van der Waals surface area (Å²) in [6.07, 6.45) is 6.89. The Balaban J connectivity index is 1.51. The number of hydrogen-bond donors (Lipinski definition) is 2. The summed E-state index contributed by atoms with van der Waals surface area (Å²) < 4.78 is 30.4. The Bertz CT molecular complexity index is 1030. The topological polar surface area (TPSA) is 124 Å². The number of hydrogen-bond acceptors (Lipinski definition) is 9. The van der Waals surface area contributed by atoms with Gasteiger partial charge in [0.25, 0.3) is 0 Å². The zero-order chi connectivity index (χ0) is 27.3. The highest BCUT2D eigenvalue weighted by molar-refractivity contribution is 5.82. The van der Waals surface area contributed by atoms with Gasteiger partial charge in [0, 0.05) is 24.5 Å². The molecule has 9 nitrogen and oxygen atoms in total. The normalized spacial score (nSPS) is 48.0. The molecule has 2 bridgehead atoms. The average Bonchev–Trinajstić information content (AvgIpc) is 3.65. The number of cyclic esters (lactones) is 1. The first-order valence-electron chi connectivity index (χ1n) is 13.7. The van der Waals surface area contributed by atoms with E-state index in [0.29, 0.717) is 25.9 Å². The number of carbonyl (C=O) groups excluding carboxylic acids is 2. The molecule has 2 N–H and O–H groups in total. The van der Waals surface area contributed by atoms with E-state index in [4.69, 9.17) is 23.7 Å². The molecule has 9 heteroatoms. The maximum Gasteiger partial charge on any atom is 0.335 e. The molecule has 0 aromatic rings. The van der Waals surface area contributed by atoms with Crippen molar-refractivity contribution in [1.82, 2.24) is 0 Å². The number of rotatable bonds is 1. The number of epoxide rings is 1. The number of aliphatic hydroxyl groups excluding tert-OH is 2. The van der Waals surface area contributed by atoms with E-state index in [2.05, 4.69) is 19.9 Å². The molecule has 1 saturated carbocycles. The maximum atomic E-state index is 13.1. The predicted octanol–water partition coefficient (Wildman–Crippen LogP) is 2.39. The van der Waals surface area contributed by atoms with E-state index in [1.807, 2.05) is 0 Å². The molecule has 210 valence electrons. The third-order valence-electron chi connectivity index (χ3n) is 9.73. The lowest BCUT2D eigenvalue weighted by Crippen LogP contribution is -2.66. The van der Waals surface area contributed by atoms with Gasteiger partial charge in [-0.25, -0.2) is 9.59 Å². The highest BCUT2D eigenvalue weighted by Crippen LogP contribution is 2.72. The fourth-order valence-corrected chi connectivity index (χ4v) is 7.04. The first-order chi connectivity index (χ1) is 18.0. The van der Waals surface area contributed by atoms with Crippen molar-refractivity contribution in [1.29, 1.82) is 0 Å². The largest absolute Gasteiger partial charge is 0.463 e. The lowest BCUT2D eigenvalue weighted by atomic mass is 9.51. The van der Waals surface area contributed by atoms with E-state index in [0.717, 1.165) is 6.42 Å². The van der Waals surface area contributed by atoms with Crippen LogP contribution < -0.4 is 0 Å². The molecule has 0 amide bonds. The van der Waals surface area contributed by atoms with Crippen LogP contribution >= 0.6 is 0 Å². The molecule has 2 spiro atoms. The van der Waals surface area contributed by atoms with Crippen LogP contribution in [-0.2, 0) is 33.3 Å². The van der Waals surface area contributed by atoms with Gasteiger partial charge >= 0.3 is 11.9 Å². The van der Waals surface area contributed by atoms with Gasteiger partial charge < -0.3 is 33.9 Å². The molecule has 5 rings (SSSR count). The van der Waals surface area contributed by atoms with Crippen LogP contribution in [0.4, 0.5) is 0 Å². The van der Waals surface area contributed by atoms with Crippen LogP contribution in [0.3, 0.4) is 0 Å². The van der Waals surface area contributed by atoms with Crippen molar-refractivity contribution in [2.24, 2.45) is 16.7 Å².